The Kier molecular flexibility index (Phi) is 4.07. The molecule has 3 N–H and O–H groups in total. The van der Waals surface area contributed by atoms with Gasteiger partial charge >= 0.3 is 0 Å². The van der Waals surface area contributed by atoms with Crippen LogP contribution in [0.2, 0.25) is 5.02 Å². The summed E-state index contributed by atoms with van der Waals surface area (Å²) < 4.78 is 0. The second kappa shape index (κ2) is 5.59. The number of benzene rings is 1. The summed E-state index contributed by atoms with van der Waals surface area (Å²) in [6.45, 7) is 1.83. The van der Waals surface area contributed by atoms with Crippen LogP contribution in [0.3, 0.4) is 0 Å². The van der Waals surface area contributed by atoms with Gasteiger partial charge < -0.3 is 16.0 Å². The number of hydrogen-bond acceptors (Lipinski definition) is 2. The highest BCUT2D eigenvalue weighted by atomic mass is 35.5. The summed E-state index contributed by atoms with van der Waals surface area (Å²) in [6, 6.07) is 7.07. The van der Waals surface area contributed by atoms with Gasteiger partial charge in [-0.3, -0.25) is 4.79 Å². The molecule has 0 aromatic heterocycles. The molecule has 1 amide bonds. The Hall–Kier alpha value is -1.59. The first-order chi connectivity index (χ1) is 9.02. The van der Waals surface area contributed by atoms with Crippen LogP contribution in [-0.4, -0.2) is 18.1 Å². The Morgan fingerprint density at radius 2 is 2.00 bits per heavy atom. The van der Waals surface area contributed by atoms with Gasteiger partial charge in [0, 0.05) is 17.8 Å². The van der Waals surface area contributed by atoms with E-state index in [9.17, 15) is 4.79 Å². The zero-order chi connectivity index (χ0) is 14.0. The number of hydrogen-bond donors (Lipinski definition) is 3. The Balaban J connectivity index is 2.46. The highest BCUT2D eigenvalue weighted by Gasteiger charge is 2.28. The summed E-state index contributed by atoms with van der Waals surface area (Å²) in [6.07, 6.45) is 0. The lowest BCUT2D eigenvalue weighted by molar-refractivity contribution is -0.117. The van der Waals surface area contributed by atoms with Crippen molar-refractivity contribution in [1.29, 1.82) is 0 Å². The van der Waals surface area contributed by atoms with Crippen molar-refractivity contribution in [2.75, 3.05) is 7.05 Å². The third kappa shape index (κ3) is 2.88. The minimum absolute atomic E-state index is 0.139. The van der Waals surface area contributed by atoms with Crippen LogP contribution >= 0.6 is 23.8 Å². The maximum atomic E-state index is 12.0. The van der Waals surface area contributed by atoms with Crippen LogP contribution in [-0.2, 0) is 4.79 Å². The molecule has 2 rings (SSSR count). The van der Waals surface area contributed by atoms with Crippen molar-refractivity contribution in [2.24, 2.45) is 0 Å². The molecule has 4 nitrogen and oxygen atoms in total. The van der Waals surface area contributed by atoms with Crippen molar-refractivity contribution in [3.63, 3.8) is 0 Å². The fourth-order valence-corrected chi connectivity index (χ4v) is 2.43. The van der Waals surface area contributed by atoms with Crippen molar-refractivity contribution in [2.45, 2.75) is 13.0 Å². The number of allylic oxidation sites excluding steroid dienone is 1. The number of carbonyl (C=O) groups excluding carboxylic acids is 1. The van der Waals surface area contributed by atoms with Crippen LogP contribution < -0.4 is 16.0 Å². The van der Waals surface area contributed by atoms with Crippen LogP contribution in [0.25, 0.3) is 0 Å². The maximum Gasteiger partial charge on any atom is 0.251 e. The van der Waals surface area contributed by atoms with E-state index in [-0.39, 0.29) is 11.9 Å². The van der Waals surface area contributed by atoms with Gasteiger partial charge in [0.1, 0.15) is 0 Å². The molecule has 100 valence electrons. The molecule has 0 radical (unpaired) electrons. The van der Waals surface area contributed by atoms with Gasteiger partial charge in [0.15, 0.2) is 5.11 Å². The van der Waals surface area contributed by atoms with Crippen molar-refractivity contribution < 1.29 is 4.79 Å². The summed E-state index contributed by atoms with van der Waals surface area (Å²) in [5, 5.41) is 9.88. The SMILES string of the molecule is CNC(=O)C1=C(C)NC(=S)N[C@H]1c1ccc(Cl)cc1. The average Bonchev–Trinajstić information content (AvgIpc) is 2.38. The number of carbonyl (C=O) groups is 1. The summed E-state index contributed by atoms with van der Waals surface area (Å²) in [4.78, 5) is 12.0. The second-order valence-electron chi connectivity index (χ2n) is 4.20. The summed E-state index contributed by atoms with van der Waals surface area (Å²) >= 11 is 11.0. The van der Waals surface area contributed by atoms with Crippen LogP contribution in [0.4, 0.5) is 0 Å². The number of likely N-dealkylation sites (N-methyl/N-ethyl adjacent to an activating group) is 1. The topological polar surface area (TPSA) is 53.2 Å². The van der Waals surface area contributed by atoms with Gasteiger partial charge in [0.2, 0.25) is 0 Å². The molecule has 0 saturated carbocycles. The fraction of sp³-hybridized carbons (Fsp3) is 0.231. The van der Waals surface area contributed by atoms with Crippen molar-refractivity contribution in [1.82, 2.24) is 16.0 Å². The monoisotopic (exact) mass is 295 g/mol. The predicted octanol–water partition coefficient (Wildman–Crippen LogP) is 1.88. The molecular weight excluding hydrogens is 282 g/mol. The van der Waals surface area contributed by atoms with Gasteiger partial charge in [-0.15, -0.1) is 0 Å². The van der Waals surface area contributed by atoms with Crippen molar-refractivity contribution in [3.05, 3.63) is 46.1 Å². The Bertz CT molecular complexity index is 554. The average molecular weight is 296 g/mol. The van der Waals surface area contributed by atoms with E-state index in [1.165, 1.54) is 0 Å². The quantitative estimate of drug-likeness (QED) is 0.729. The highest BCUT2D eigenvalue weighted by Crippen LogP contribution is 2.27. The molecule has 0 unspecified atom stereocenters. The maximum absolute atomic E-state index is 12.0. The fourth-order valence-electron chi connectivity index (χ4n) is 2.03. The Morgan fingerprint density at radius 1 is 1.37 bits per heavy atom. The van der Waals surface area contributed by atoms with Crippen LogP contribution in [0, 0.1) is 0 Å². The van der Waals surface area contributed by atoms with E-state index in [1.54, 1.807) is 19.2 Å². The first-order valence-corrected chi connectivity index (χ1v) is 6.57. The van der Waals surface area contributed by atoms with E-state index in [4.69, 9.17) is 23.8 Å². The third-order valence-corrected chi connectivity index (χ3v) is 3.42. The zero-order valence-electron chi connectivity index (χ0n) is 10.6. The lowest BCUT2D eigenvalue weighted by Gasteiger charge is -2.30. The normalized spacial score (nSPS) is 18.7. The van der Waals surface area contributed by atoms with Crippen LogP contribution in [0.1, 0.15) is 18.5 Å². The minimum atomic E-state index is -0.272. The molecule has 0 spiro atoms. The standard InChI is InChI=1S/C13H14ClN3OS/c1-7-10(12(18)15-2)11(17-13(19)16-7)8-3-5-9(14)6-4-8/h3-6,11H,1-2H3,(H,15,18)(H2,16,17,19)/t11-/m0/s1. The van der Waals surface area contributed by atoms with Crippen molar-refractivity contribution in [3.8, 4) is 0 Å². The second-order valence-corrected chi connectivity index (χ2v) is 5.05. The molecule has 1 aliphatic rings. The van der Waals surface area contributed by atoms with Gasteiger partial charge in [-0.1, -0.05) is 23.7 Å². The smallest absolute Gasteiger partial charge is 0.251 e. The molecule has 0 bridgehead atoms. The largest absolute Gasteiger partial charge is 0.355 e. The van der Waals surface area contributed by atoms with Gasteiger partial charge in [-0.2, -0.15) is 0 Å². The first-order valence-electron chi connectivity index (χ1n) is 5.78. The Labute approximate surface area is 122 Å². The van der Waals surface area contributed by atoms with E-state index < -0.39 is 0 Å². The number of amides is 1. The number of halogens is 1. The molecule has 1 heterocycles. The number of thiocarbonyl (C=S) groups is 1. The molecule has 1 atom stereocenters. The summed E-state index contributed by atoms with van der Waals surface area (Å²) in [5.74, 6) is -0.139. The molecule has 0 aliphatic carbocycles. The molecule has 19 heavy (non-hydrogen) atoms. The number of rotatable bonds is 2. The first kappa shape index (κ1) is 13.8. The van der Waals surface area contributed by atoms with Crippen LogP contribution in [0.15, 0.2) is 35.5 Å². The van der Waals surface area contributed by atoms with Gasteiger partial charge in [-0.05, 0) is 36.8 Å². The molecule has 0 saturated heterocycles. The summed E-state index contributed by atoms with van der Waals surface area (Å²) in [7, 11) is 1.61. The molecule has 1 aliphatic heterocycles. The summed E-state index contributed by atoms with van der Waals surface area (Å²) in [5.41, 5.74) is 2.31. The predicted molar refractivity (Wildman–Crippen MR) is 79.8 cm³/mol. The number of nitrogens with one attached hydrogen (secondary N) is 3. The highest BCUT2D eigenvalue weighted by molar-refractivity contribution is 7.80. The van der Waals surface area contributed by atoms with E-state index in [0.717, 1.165) is 11.3 Å². The van der Waals surface area contributed by atoms with Gasteiger partial charge in [-0.25, -0.2) is 0 Å². The van der Waals surface area contributed by atoms with E-state index >= 15 is 0 Å². The lowest BCUT2D eigenvalue weighted by atomic mass is 9.95. The molecule has 1 aromatic carbocycles. The van der Waals surface area contributed by atoms with E-state index in [2.05, 4.69) is 16.0 Å². The Morgan fingerprint density at radius 3 is 2.58 bits per heavy atom. The van der Waals surface area contributed by atoms with Gasteiger partial charge in [0.25, 0.3) is 5.91 Å². The lowest BCUT2D eigenvalue weighted by Crippen LogP contribution is -2.46. The van der Waals surface area contributed by atoms with E-state index in [0.29, 0.717) is 15.7 Å². The molecule has 6 heteroatoms. The molecule has 1 aromatic rings. The third-order valence-electron chi connectivity index (χ3n) is 2.94. The van der Waals surface area contributed by atoms with Crippen molar-refractivity contribution >= 4 is 34.8 Å². The van der Waals surface area contributed by atoms with Crippen LogP contribution in [0.5, 0.6) is 0 Å². The zero-order valence-corrected chi connectivity index (χ0v) is 12.2. The molecular formula is C13H14ClN3OS. The van der Waals surface area contributed by atoms with Gasteiger partial charge in [0.05, 0.1) is 11.6 Å². The van der Waals surface area contributed by atoms with E-state index in [1.807, 2.05) is 19.1 Å². The minimum Gasteiger partial charge on any atom is -0.355 e. The molecule has 0 fully saturated rings.